The van der Waals surface area contributed by atoms with Crippen molar-refractivity contribution in [1.29, 1.82) is 0 Å². The SMILES string of the molecule is O=C1C(=Cc2ccc(OCc3ccccc3)cc2)SC(=S)N1NC1=NS(=O)(=O)c2ccccc21. The van der Waals surface area contributed by atoms with Crippen molar-refractivity contribution < 1.29 is 17.9 Å². The summed E-state index contributed by atoms with van der Waals surface area (Å²) in [4.78, 5) is 13.5. The van der Waals surface area contributed by atoms with Crippen LogP contribution in [0.15, 0.2) is 93.1 Å². The molecule has 34 heavy (non-hydrogen) atoms. The number of hydrogen-bond acceptors (Lipinski definition) is 7. The van der Waals surface area contributed by atoms with Crippen molar-refractivity contribution in [2.75, 3.05) is 0 Å². The van der Waals surface area contributed by atoms with E-state index < -0.39 is 10.0 Å². The monoisotopic (exact) mass is 507 g/mol. The first-order chi connectivity index (χ1) is 16.4. The summed E-state index contributed by atoms with van der Waals surface area (Å²) >= 11 is 6.47. The maximum atomic E-state index is 13.0. The van der Waals surface area contributed by atoms with Crippen molar-refractivity contribution in [3.63, 3.8) is 0 Å². The fourth-order valence-corrected chi connectivity index (χ4v) is 5.76. The van der Waals surface area contributed by atoms with E-state index in [0.717, 1.165) is 27.9 Å². The Morgan fingerprint density at radius 3 is 2.47 bits per heavy atom. The van der Waals surface area contributed by atoms with Crippen LogP contribution >= 0.6 is 24.0 Å². The number of amides is 1. The van der Waals surface area contributed by atoms with Gasteiger partial charge in [-0.05, 0) is 53.7 Å². The second-order valence-corrected chi connectivity index (χ2v) is 10.6. The van der Waals surface area contributed by atoms with Gasteiger partial charge in [0, 0.05) is 5.56 Å². The van der Waals surface area contributed by atoms with Crippen LogP contribution in [0.2, 0.25) is 0 Å². The number of fused-ring (bicyclic) bond motifs is 1. The van der Waals surface area contributed by atoms with Crippen LogP contribution in [0, 0.1) is 0 Å². The number of thiocarbonyl (C=S) groups is 1. The molecule has 170 valence electrons. The summed E-state index contributed by atoms with van der Waals surface area (Å²) in [6.45, 7) is 0.466. The first kappa shape index (κ1) is 22.3. The summed E-state index contributed by atoms with van der Waals surface area (Å²) in [5, 5.41) is 1.14. The molecule has 0 bridgehead atoms. The minimum absolute atomic E-state index is 0.0630. The summed E-state index contributed by atoms with van der Waals surface area (Å²) in [5.74, 6) is 0.395. The lowest BCUT2D eigenvalue weighted by atomic mass is 10.2. The molecule has 0 spiro atoms. The topological polar surface area (TPSA) is 88.1 Å². The standard InChI is InChI=1S/C24H17N3O4S3/c28-23-20(14-16-10-12-18(13-11-16)31-15-17-6-2-1-3-7-17)33-24(32)27(23)25-22-19-8-4-5-9-21(19)34(29,30)26-22/h1-14H,15H2,(H,25,26). The molecule has 2 aliphatic rings. The van der Waals surface area contributed by atoms with Crippen LogP contribution in [0.4, 0.5) is 0 Å². The van der Waals surface area contributed by atoms with Crippen LogP contribution in [0.5, 0.6) is 5.75 Å². The highest BCUT2D eigenvalue weighted by Crippen LogP contribution is 2.33. The Balaban J connectivity index is 1.28. The molecule has 1 amide bonds. The van der Waals surface area contributed by atoms with E-state index in [9.17, 15) is 13.2 Å². The number of nitrogens with one attached hydrogen (secondary N) is 1. The normalized spacial score (nSPS) is 17.6. The molecule has 2 aliphatic heterocycles. The summed E-state index contributed by atoms with van der Waals surface area (Å²) in [5.41, 5.74) is 5.05. The predicted molar refractivity (Wildman–Crippen MR) is 136 cm³/mol. The fraction of sp³-hybridized carbons (Fsp3) is 0.0417. The number of benzene rings is 3. The molecule has 0 aliphatic carbocycles. The van der Waals surface area contributed by atoms with Gasteiger partial charge in [-0.3, -0.25) is 10.2 Å². The van der Waals surface area contributed by atoms with Crippen molar-refractivity contribution in [3.8, 4) is 5.75 Å². The van der Waals surface area contributed by atoms with E-state index in [0.29, 0.717) is 22.8 Å². The second-order valence-electron chi connectivity index (χ2n) is 7.38. The van der Waals surface area contributed by atoms with Gasteiger partial charge in [0.25, 0.3) is 15.9 Å². The molecule has 0 aromatic heterocycles. The molecule has 0 atom stereocenters. The highest BCUT2D eigenvalue weighted by atomic mass is 32.2. The summed E-state index contributed by atoms with van der Waals surface area (Å²) in [6, 6.07) is 23.7. The van der Waals surface area contributed by atoms with Gasteiger partial charge in [0.1, 0.15) is 17.3 Å². The van der Waals surface area contributed by atoms with Gasteiger partial charge in [-0.2, -0.15) is 13.4 Å². The minimum atomic E-state index is -3.81. The van der Waals surface area contributed by atoms with E-state index in [4.69, 9.17) is 17.0 Å². The average Bonchev–Trinajstić information content (AvgIpc) is 3.26. The molecule has 5 rings (SSSR count). The van der Waals surface area contributed by atoms with Crippen molar-refractivity contribution in [2.24, 2.45) is 4.40 Å². The molecule has 0 unspecified atom stereocenters. The zero-order valence-electron chi connectivity index (χ0n) is 17.5. The third-order valence-electron chi connectivity index (χ3n) is 5.07. The van der Waals surface area contributed by atoms with Gasteiger partial charge in [-0.1, -0.05) is 66.4 Å². The highest BCUT2D eigenvalue weighted by Gasteiger charge is 2.36. The molecule has 3 aromatic carbocycles. The predicted octanol–water partition coefficient (Wildman–Crippen LogP) is 4.12. The third-order valence-corrected chi connectivity index (χ3v) is 7.71. The number of hydrogen-bond donors (Lipinski definition) is 1. The zero-order valence-corrected chi connectivity index (χ0v) is 20.0. The molecule has 10 heteroatoms. The number of ether oxygens (including phenoxy) is 1. The number of hydrazine groups is 1. The fourth-order valence-electron chi connectivity index (χ4n) is 3.41. The minimum Gasteiger partial charge on any atom is -0.489 e. The maximum Gasteiger partial charge on any atom is 0.285 e. The zero-order chi connectivity index (χ0) is 23.7. The molecular formula is C24H17N3O4S3. The van der Waals surface area contributed by atoms with Crippen molar-refractivity contribution in [1.82, 2.24) is 10.4 Å². The Bertz CT molecular complexity index is 1450. The van der Waals surface area contributed by atoms with Crippen LogP contribution in [0.3, 0.4) is 0 Å². The number of rotatable bonds is 5. The van der Waals surface area contributed by atoms with E-state index in [1.165, 1.54) is 6.07 Å². The Kier molecular flexibility index (Phi) is 5.94. The third kappa shape index (κ3) is 4.47. The molecule has 0 radical (unpaired) electrons. The second kappa shape index (κ2) is 9.05. The lowest BCUT2D eigenvalue weighted by Crippen LogP contribution is -2.44. The Labute approximate surface area is 206 Å². The number of amidine groups is 1. The summed E-state index contributed by atoms with van der Waals surface area (Å²) in [7, 11) is -3.81. The molecule has 3 aromatic rings. The summed E-state index contributed by atoms with van der Waals surface area (Å²) in [6.07, 6.45) is 1.73. The number of sulfonamides is 1. The van der Waals surface area contributed by atoms with Gasteiger partial charge >= 0.3 is 0 Å². The van der Waals surface area contributed by atoms with Gasteiger partial charge < -0.3 is 4.74 Å². The van der Waals surface area contributed by atoms with Crippen molar-refractivity contribution in [3.05, 3.63) is 100 Å². The first-order valence-electron chi connectivity index (χ1n) is 10.2. The number of carbonyl (C=O) groups is 1. The van der Waals surface area contributed by atoms with Crippen molar-refractivity contribution in [2.45, 2.75) is 11.5 Å². The van der Waals surface area contributed by atoms with Crippen LogP contribution in [-0.4, -0.2) is 29.5 Å². The van der Waals surface area contributed by atoms with E-state index in [1.54, 1.807) is 24.3 Å². The van der Waals surface area contributed by atoms with E-state index in [1.807, 2.05) is 54.6 Å². The molecule has 2 heterocycles. The molecule has 1 N–H and O–H groups in total. The first-order valence-corrected chi connectivity index (χ1v) is 12.8. The van der Waals surface area contributed by atoms with E-state index in [-0.39, 0.29) is 21.0 Å². The highest BCUT2D eigenvalue weighted by molar-refractivity contribution is 8.26. The largest absolute Gasteiger partial charge is 0.489 e. The van der Waals surface area contributed by atoms with Crippen molar-refractivity contribution >= 4 is 56.1 Å². The number of nitrogens with zero attached hydrogens (tertiary/aromatic N) is 2. The lowest BCUT2D eigenvalue weighted by molar-refractivity contribution is -0.123. The van der Waals surface area contributed by atoms with Gasteiger partial charge in [0.2, 0.25) is 0 Å². The van der Waals surface area contributed by atoms with Crippen LogP contribution < -0.4 is 10.2 Å². The van der Waals surface area contributed by atoms with Gasteiger partial charge in [0.05, 0.1) is 4.91 Å². The molecule has 1 saturated heterocycles. The number of thioether (sulfide) groups is 1. The Morgan fingerprint density at radius 1 is 1.00 bits per heavy atom. The lowest BCUT2D eigenvalue weighted by Gasteiger charge is -2.16. The molecule has 0 saturated carbocycles. The van der Waals surface area contributed by atoms with Crippen LogP contribution in [0.25, 0.3) is 6.08 Å². The smallest absolute Gasteiger partial charge is 0.285 e. The van der Waals surface area contributed by atoms with Gasteiger partial charge in [-0.15, -0.1) is 4.40 Å². The quantitative estimate of drug-likeness (QED) is 0.411. The number of carbonyl (C=O) groups excluding carboxylic acids is 1. The molecular weight excluding hydrogens is 490 g/mol. The summed E-state index contributed by atoms with van der Waals surface area (Å²) < 4.78 is 34.4. The maximum absolute atomic E-state index is 13.0. The average molecular weight is 508 g/mol. The van der Waals surface area contributed by atoms with Crippen LogP contribution in [0.1, 0.15) is 16.7 Å². The Morgan fingerprint density at radius 2 is 1.71 bits per heavy atom. The molecule has 1 fully saturated rings. The van der Waals surface area contributed by atoms with E-state index >= 15 is 0 Å². The Hall–Kier alpha value is -3.47. The van der Waals surface area contributed by atoms with Crippen LogP contribution in [-0.2, 0) is 21.4 Å². The van der Waals surface area contributed by atoms with E-state index in [2.05, 4.69) is 9.82 Å². The van der Waals surface area contributed by atoms with Gasteiger partial charge in [0.15, 0.2) is 10.2 Å². The van der Waals surface area contributed by atoms with Gasteiger partial charge in [-0.25, -0.2) is 0 Å². The molecule has 7 nitrogen and oxygen atoms in total.